The normalized spacial score (nSPS) is 31.5. The Balaban J connectivity index is 1.13. The molecular weight excluding hydrogens is 402 g/mol. The van der Waals surface area contributed by atoms with Crippen molar-refractivity contribution in [2.45, 2.75) is 13.0 Å². The van der Waals surface area contributed by atoms with Gasteiger partial charge in [0.1, 0.15) is 12.4 Å². The summed E-state index contributed by atoms with van der Waals surface area (Å²) in [7, 11) is 0. The second-order valence-electron chi connectivity index (χ2n) is 9.01. The molecule has 3 fully saturated rings. The number of imide groups is 1. The maximum atomic E-state index is 13.0. The van der Waals surface area contributed by atoms with E-state index in [1.54, 1.807) is 24.4 Å². The minimum absolute atomic E-state index is 0.155. The zero-order chi connectivity index (χ0) is 21.8. The van der Waals surface area contributed by atoms with Crippen LogP contribution in [0, 0.1) is 46.8 Å². The Morgan fingerprint density at radius 1 is 1.00 bits per heavy atom. The monoisotopic (exact) mass is 423 g/mol. The van der Waals surface area contributed by atoms with Crippen molar-refractivity contribution in [3.05, 3.63) is 77.4 Å². The van der Waals surface area contributed by atoms with E-state index in [1.165, 1.54) is 0 Å². The van der Waals surface area contributed by atoms with Crippen molar-refractivity contribution < 1.29 is 14.3 Å². The first-order valence-electron chi connectivity index (χ1n) is 11.0. The second kappa shape index (κ2) is 7.16. The van der Waals surface area contributed by atoms with Gasteiger partial charge in [-0.2, -0.15) is 15.4 Å². The van der Waals surface area contributed by atoms with Gasteiger partial charge in [0, 0.05) is 5.56 Å². The van der Waals surface area contributed by atoms with Gasteiger partial charge in [-0.05, 0) is 66.0 Å². The molecule has 158 valence electrons. The number of carbonyl (C=O) groups excluding carboxylic acids is 2. The fraction of sp³-hybridized carbons (Fsp3) is 0.308. The smallest absolute Gasteiger partial charge is 0.254 e. The number of nitriles is 1. The average molecular weight is 423 g/mol. The lowest BCUT2D eigenvalue weighted by Crippen LogP contribution is -2.40. The lowest BCUT2D eigenvalue weighted by atomic mass is 9.63. The van der Waals surface area contributed by atoms with Crippen LogP contribution in [0.4, 0.5) is 0 Å². The van der Waals surface area contributed by atoms with Crippen LogP contribution >= 0.6 is 0 Å². The van der Waals surface area contributed by atoms with Crippen LogP contribution in [-0.4, -0.2) is 23.0 Å². The summed E-state index contributed by atoms with van der Waals surface area (Å²) in [5, 5.41) is 14.5. The Morgan fingerprint density at radius 2 is 1.66 bits per heavy atom. The molecule has 0 aromatic heterocycles. The van der Waals surface area contributed by atoms with E-state index < -0.39 is 0 Å². The quantitative estimate of drug-likeness (QED) is 0.419. The maximum Gasteiger partial charge on any atom is 0.254 e. The molecule has 2 aromatic rings. The lowest BCUT2D eigenvalue weighted by Gasteiger charge is -2.37. The van der Waals surface area contributed by atoms with Gasteiger partial charge in [0.2, 0.25) is 0 Å². The van der Waals surface area contributed by atoms with Crippen LogP contribution in [0.1, 0.15) is 23.1 Å². The first-order chi connectivity index (χ1) is 15.7. The summed E-state index contributed by atoms with van der Waals surface area (Å²) in [6, 6.07) is 16.8. The molecule has 7 rings (SSSR count). The number of hydrazone groups is 1. The number of hydrogen-bond donors (Lipinski definition) is 0. The predicted molar refractivity (Wildman–Crippen MR) is 116 cm³/mol. The van der Waals surface area contributed by atoms with E-state index in [-0.39, 0.29) is 35.5 Å². The van der Waals surface area contributed by atoms with Crippen LogP contribution in [-0.2, 0) is 16.2 Å². The zero-order valence-corrected chi connectivity index (χ0v) is 17.3. The van der Waals surface area contributed by atoms with E-state index in [2.05, 4.69) is 23.3 Å². The van der Waals surface area contributed by atoms with Crippen molar-refractivity contribution in [2.24, 2.45) is 40.6 Å². The number of carbonyl (C=O) groups is 2. The number of allylic oxidation sites excluding steroid dienone is 2. The van der Waals surface area contributed by atoms with Crippen LogP contribution in [0.25, 0.3) is 0 Å². The lowest BCUT2D eigenvalue weighted by molar-refractivity contribution is -0.140. The van der Waals surface area contributed by atoms with E-state index in [0.29, 0.717) is 29.8 Å². The summed E-state index contributed by atoms with van der Waals surface area (Å²) >= 11 is 0. The Bertz CT molecular complexity index is 1170. The number of benzene rings is 2. The molecule has 32 heavy (non-hydrogen) atoms. The molecule has 2 aromatic carbocycles. The van der Waals surface area contributed by atoms with Crippen LogP contribution in [0.5, 0.6) is 5.75 Å². The molecule has 2 amide bonds. The van der Waals surface area contributed by atoms with Crippen molar-refractivity contribution >= 4 is 18.0 Å². The Kier molecular flexibility index (Phi) is 4.25. The number of nitrogens with zero attached hydrogens (tertiary/aromatic N) is 3. The van der Waals surface area contributed by atoms with Gasteiger partial charge >= 0.3 is 0 Å². The van der Waals surface area contributed by atoms with Gasteiger partial charge in [0.05, 0.1) is 29.7 Å². The van der Waals surface area contributed by atoms with Gasteiger partial charge < -0.3 is 4.74 Å². The Morgan fingerprint density at radius 3 is 2.31 bits per heavy atom. The van der Waals surface area contributed by atoms with Gasteiger partial charge in [-0.25, -0.2) is 0 Å². The van der Waals surface area contributed by atoms with Crippen LogP contribution in [0.15, 0.2) is 65.8 Å². The molecule has 0 N–H and O–H groups in total. The average Bonchev–Trinajstić information content (AvgIpc) is 3.61. The summed E-state index contributed by atoms with van der Waals surface area (Å²) in [6.07, 6.45) is 7.02. The van der Waals surface area contributed by atoms with Gasteiger partial charge in [0.15, 0.2) is 0 Å². The number of amides is 2. The molecule has 4 aliphatic carbocycles. The third kappa shape index (κ3) is 2.89. The molecular formula is C26H21N3O3. The van der Waals surface area contributed by atoms with Crippen LogP contribution < -0.4 is 4.74 Å². The van der Waals surface area contributed by atoms with Gasteiger partial charge in [-0.3, -0.25) is 9.59 Å². The van der Waals surface area contributed by atoms with Gasteiger partial charge in [-0.1, -0.05) is 30.4 Å². The minimum Gasteiger partial charge on any atom is -0.489 e. The molecule has 2 bridgehead atoms. The van der Waals surface area contributed by atoms with Gasteiger partial charge in [0.25, 0.3) is 11.8 Å². The van der Waals surface area contributed by atoms with Gasteiger partial charge in [-0.15, -0.1) is 0 Å². The fourth-order valence-corrected chi connectivity index (χ4v) is 5.75. The molecule has 0 spiro atoms. The molecule has 6 heteroatoms. The molecule has 1 heterocycles. The molecule has 0 radical (unpaired) electrons. The van der Waals surface area contributed by atoms with E-state index in [1.807, 2.05) is 30.3 Å². The van der Waals surface area contributed by atoms with Crippen molar-refractivity contribution in [2.75, 3.05) is 0 Å². The highest BCUT2D eigenvalue weighted by atomic mass is 16.5. The largest absolute Gasteiger partial charge is 0.489 e. The van der Waals surface area contributed by atoms with Crippen LogP contribution in [0.2, 0.25) is 0 Å². The van der Waals surface area contributed by atoms with Crippen molar-refractivity contribution in [1.29, 1.82) is 5.26 Å². The summed E-state index contributed by atoms with van der Waals surface area (Å²) in [5.41, 5.74) is 2.20. The summed E-state index contributed by atoms with van der Waals surface area (Å²) in [6.45, 7) is 0.301. The highest BCUT2D eigenvalue weighted by molar-refractivity contribution is 6.06. The maximum absolute atomic E-state index is 13.0. The van der Waals surface area contributed by atoms with E-state index in [0.717, 1.165) is 22.6 Å². The number of hydrogen-bond acceptors (Lipinski definition) is 5. The third-order valence-corrected chi connectivity index (χ3v) is 7.37. The van der Waals surface area contributed by atoms with E-state index >= 15 is 0 Å². The predicted octanol–water partition coefficient (Wildman–Crippen LogP) is 3.52. The van der Waals surface area contributed by atoms with Crippen LogP contribution in [0.3, 0.4) is 0 Å². The van der Waals surface area contributed by atoms with Crippen molar-refractivity contribution in [1.82, 2.24) is 5.01 Å². The van der Waals surface area contributed by atoms with E-state index in [4.69, 9.17) is 4.74 Å². The molecule has 1 aliphatic heterocycles. The van der Waals surface area contributed by atoms with Crippen molar-refractivity contribution in [3.8, 4) is 11.8 Å². The summed E-state index contributed by atoms with van der Waals surface area (Å²) in [5.74, 6) is 1.46. The van der Waals surface area contributed by atoms with Crippen molar-refractivity contribution in [3.63, 3.8) is 0 Å². The SMILES string of the molecule is N#Cc1ccccc1COc1ccc(/C=N\N2C(=O)[C@@H]3[C@@H]4C=C[C@H]([C@@H]5C[C@H]45)[C@@H]3C2=O)cc1. The molecule has 0 unspecified atom stereocenters. The molecule has 1 saturated heterocycles. The summed E-state index contributed by atoms with van der Waals surface area (Å²) < 4.78 is 5.79. The highest BCUT2D eigenvalue weighted by Gasteiger charge is 2.67. The Hall–Kier alpha value is -3.72. The zero-order valence-electron chi connectivity index (χ0n) is 17.3. The second-order valence-corrected chi connectivity index (χ2v) is 9.01. The number of rotatable bonds is 5. The molecule has 2 saturated carbocycles. The summed E-state index contributed by atoms with van der Waals surface area (Å²) in [4.78, 5) is 25.9. The number of ether oxygens (including phenoxy) is 1. The Labute approximate surface area is 185 Å². The standard InChI is InChI=1S/C26H21N3O3/c27-12-16-3-1-2-4-17(16)14-32-18-7-5-15(6-8-18)13-28-29-25(30)23-19-9-10-20(22-11-21(19)22)24(23)26(29)31/h1-10,13,19-24H,11,14H2/b28-13-/t19-,20-,21-,22+,23-,24+/m1/s1. The third-order valence-electron chi connectivity index (χ3n) is 7.37. The topological polar surface area (TPSA) is 82.8 Å². The minimum atomic E-state index is -0.231. The molecule has 5 aliphatic rings. The first kappa shape index (κ1) is 19.0. The highest BCUT2D eigenvalue weighted by Crippen LogP contribution is 2.65. The molecule has 6 atom stereocenters. The van der Waals surface area contributed by atoms with E-state index in [9.17, 15) is 14.9 Å². The molecule has 6 nitrogen and oxygen atoms in total. The fourth-order valence-electron chi connectivity index (χ4n) is 5.75. The first-order valence-corrected chi connectivity index (χ1v) is 11.0.